The fraction of sp³-hybridized carbons (Fsp3) is 0. The van der Waals surface area contributed by atoms with Crippen molar-refractivity contribution < 1.29 is 0 Å². The molecule has 4 heteroatoms. The summed E-state index contributed by atoms with van der Waals surface area (Å²) in [6.07, 6.45) is 3.49. The van der Waals surface area contributed by atoms with Crippen LogP contribution in [0.5, 0.6) is 0 Å². The first-order valence-corrected chi connectivity index (χ1v) is 5.05. The standard InChI is InChI=1S/C8H5BrN2S/c9-7-4-6(5-12-7)8-10-2-1-3-11-8/h1-5H. The first kappa shape index (κ1) is 7.89. The lowest BCUT2D eigenvalue weighted by molar-refractivity contribution is 1.18. The van der Waals surface area contributed by atoms with Gasteiger partial charge in [0.1, 0.15) is 0 Å². The Morgan fingerprint density at radius 1 is 1.25 bits per heavy atom. The fourth-order valence-corrected chi connectivity index (χ4v) is 2.01. The molecule has 0 saturated carbocycles. The van der Waals surface area contributed by atoms with Crippen molar-refractivity contribution in [2.24, 2.45) is 0 Å². The predicted molar refractivity (Wildman–Crippen MR) is 53.0 cm³/mol. The molecule has 60 valence electrons. The Balaban J connectivity index is 2.45. The maximum Gasteiger partial charge on any atom is 0.159 e. The summed E-state index contributed by atoms with van der Waals surface area (Å²) in [5, 5.41) is 2.03. The molecule has 0 aliphatic rings. The summed E-state index contributed by atoms with van der Waals surface area (Å²) in [5.41, 5.74) is 1.06. The number of thiophene rings is 1. The first-order valence-electron chi connectivity index (χ1n) is 3.38. The molecule has 0 N–H and O–H groups in total. The molecule has 12 heavy (non-hydrogen) atoms. The highest BCUT2D eigenvalue weighted by Gasteiger charge is 2.01. The SMILES string of the molecule is Brc1cc(-c2ncccn2)cs1. The molecule has 0 fully saturated rings. The van der Waals surface area contributed by atoms with Gasteiger partial charge in [0.25, 0.3) is 0 Å². The molecule has 0 amide bonds. The van der Waals surface area contributed by atoms with Crippen LogP contribution in [0.1, 0.15) is 0 Å². The zero-order chi connectivity index (χ0) is 8.39. The van der Waals surface area contributed by atoms with Crippen molar-refractivity contribution in [3.63, 3.8) is 0 Å². The zero-order valence-corrected chi connectivity index (χ0v) is 8.47. The van der Waals surface area contributed by atoms with Gasteiger partial charge >= 0.3 is 0 Å². The third-order valence-corrected chi connectivity index (χ3v) is 2.90. The molecule has 0 spiro atoms. The van der Waals surface area contributed by atoms with Crippen molar-refractivity contribution in [3.8, 4) is 11.4 Å². The van der Waals surface area contributed by atoms with Crippen molar-refractivity contribution in [1.82, 2.24) is 9.97 Å². The van der Waals surface area contributed by atoms with Gasteiger partial charge in [-0.1, -0.05) is 0 Å². The van der Waals surface area contributed by atoms with Gasteiger partial charge in [0.2, 0.25) is 0 Å². The summed E-state index contributed by atoms with van der Waals surface area (Å²) in [6, 6.07) is 3.82. The Kier molecular flexibility index (Phi) is 2.19. The smallest absolute Gasteiger partial charge is 0.159 e. The van der Waals surface area contributed by atoms with Gasteiger partial charge in [0, 0.05) is 23.3 Å². The highest BCUT2D eigenvalue weighted by Crippen LogP contribution is 2.26. The second-order valence-electron chi connectivity index (χ2n) is 2.21. The molecular weight excluding hydrogens is 236 g/mol. The predicted octanol–water partition coefficient (Wildman–Crippen LogP) is 2.97. The van der Waals surface area contributed by atoms with E-state index in [9.17, 15) is 0 Å². The van der Waals surface area contributed by atoms with Gasteiger partial charge in [0.15, 0.2) is 5.82 Å². The van der Waals surface area contributed by atoms with E-state index in [-0.39, 0.29) is 0 Å². The van der Waals surface area contributed by atoms with E-state index in [1.807, 2.05) is 17.5 Å². The number of hydrogen-bond acceptors (Lipinski definition) is 3. The summed E-state index contributed by atoms with van der Waals surface area (Å²) >= 11 is 5.03. The number of rotatable bonds is 1. The minimum Gasteiger partial charge on any atom is -0.237 e. The number of halogens is 1. The molecular formula is C8H5BrN2S. The Hall–Kier alpha value is -0.740. The third-order valence-electron chi connectivity index (χ3n) is 1.39. The lowest BCUT2D eigenvalue weighted by Crippen LogP contribution is -1.82. The first-order chi connectivity index (χ1) is 5.86. The summed E-state index contributed by atoms with van der Waals surface area (Å²) in [4.78, 5) is 8.27. The van der Waals surface area contributed by atoms with Crippen LogP contribution in [0.4, 0.5) is 0 Å². The zero-order valence-electron chi connectivity index (χ0n) is 6.07. The molecule has 2 nitrogen and oxygen atoms in total. The largest absolute Gasteiger partial charge is 0.237 e. The molecule has 0 saturated heterocycles. The van der Waals surface area contributed by atoms with Gasteiger partial charge < -0.3 is 0 Å². The molecule has 0 aliphatic heterocycles. The maximum atomic E-state index is 4.14. The average molecular weight is 241 g/mol. The van der Waals surface area contributed by atoms with Crippen LogP contribution in [0.15, 0.2) is 33.7 Å². The van der Waals surface area contributed by atoms with Crippen LogP contribution in [0.2, 0.25) is 0 Å². The van der Waals surface area contributed by atoms with Crippen LogP contribution in [-0.4, -0.2) is 9.97 Å². The Morgan fingerprint density at radius 3 is 2.58 bits per heavy atom. The molecule has 0 atom stereocenters. The molecule has 0 radical (unpaired) electrons. The van der Waals surface area contributed by atoms with Crippen LogP contribution < -0.4 is 0 Å². The van der Waals surface area contributed by atoms with Gasteiger partial charge in [-0.2, -0.15) is 0 Å². The van der Waals surface area contributed by atoms with E-state index in [0.717, 1.165) is 15.2 Å². The van der Waals surface area contributed by atoms with E-state index in [2.05, 4.69) is 25.9 Å². The van der Waals surface area contributed by atoms with Gasteiger partial charge in [-0.3, -0.25) is 0 Å². The van der Waals surface area contributed by atoms with Crippen molar-refractivity contribution in [2.75, 3.05) is 0 Å². The van der Waals surface area contributed by atoms with Crippen molar-refractivity contribution in [2.45, 2.75) is 0 Å². The van der Waals surface area contributed by atoms with Gasteiger partial charge in [0.05, 0.1) is 3.79 Å². The van der Waals surface area contributed by atoms with Gasteiger partial charge in [-0.25, -0.2) is 9.97 Å². The van der Waals surface area contributed by atoms with E-state index in [1.54, 1.807) is 23.7 Å². The maximum absolute atomic E-state index is 4.14. The van der Waals surface area contributed by atoms with Crippen LogP contribution in [0.3, 0.4) is 0 Å². The number of nitrogens with zero attached hydrogens (tertiary/aromatic N) is 2. The molecule has 2 aromatic heterocycles. The summed E-state index contributed by atoms with van der Waals surface area (Å²) < 4.78 is 1.10. The quantitative estimate of drug-likeness (QED) is 0.767. The van der Waals surface area contributed by atoms with E-state index in [1.165, 1.54) is 0 Å². The Bertz CT molecular complexity index is 372. The lowest BCUT2D eigenvalue weighted by Gasteiger charge is -1.91. The monoisotopic (exact) mass is 240 g/mol. The average Bonchev–Trinajstić information content (AvgIpc) is 2.54. The number of aromatic nitrogens is 2. The Morgan fingerprint density at radius 2 is 2.00 bits per heavy atom. The van der Waals surface area contributed by atoms with Crippen LogP contribution in [-0.2, 0) is 0 Å². The molecule has 0 aromatic carbocycles. The minimum absolute atomic E-state index is 0.777. The highest BCUT2D eigenvalue weighted by molar-refractivity contribution is 9.11. The Labute approximate surface area is 82.4 Å². The molecule has 2 heterocycles. The minimum atomic E-state index is 0.777. The van der Waals surface area contributed by atoms with E-state index >= 15 is 0 Å². The molecule has 2 rings (SSSR count). The van der Waals surface area contributed by atoms with Crippen LogP contribution in [0, 0.1) is 0 Å². The highest BCUT2D eigenvalue weighted by atomic mass is 79.9. The third kappa shape index (κ3) is 1.54. The van der Waals surface area contributed by atoms with E-state index in [0.29, 0.717) is 0 Å². The topological polar surface area (TPSA) is 25.8 Å². The fourth-order valence-electron chi connectivity index (χ4n) is 0.875. The number of hydrogen-bond donors (Lipinski definition) is 0. The molecule has 2 aromatic rings. The second-order valence-corrected chi connectivity index (χ2v) is 4.50. The van der Waals surface area contributed by atoms with Gasteiger partial charge in [-0.15, -0.1) is 11.3 Å². The van der Waals surface area contributed by atoms with Crippen LogP contribution >= 0.6 is 27.3 Å². The normalized spacial score (nSPS) is 10.1. The van der Waals surface area contributed by atoms with Gasteiger partial charge in [-0.05, 0) is 28.1 Å². The van der Waals surface area contributed by atoms with Crippen molar-refractivity contribution >= 4 is 27.3 Å². The molecule has 0 bridgehead atoms. The van der Waals surface area contributed by atoms with Crippen molar-refractivity contribution in [1.29, 1.82) is 0 Å². The van der Waals surface area contributed by atoms with E-state index in [4.69, 9.17) is 0 Å². The summed E-state index contributed by atoms with van der Waals surface area (Å²) in [6.45, 7) is 0. The molecule has 0 aliphatic carbocycles. The summed E-state index contributed by atoms with van der Waals surface area (Å²) in [7, 11) is 0. The summed E-state index contributed by atoms with van der Waals surface area (Å²) in [5.74, 6) is 0.777. The second kappa shape index (κ2) is 3.33. The lowest BCUT2D eigenvalue weighted by atomic mass is 10.3. The van der Waals surface area contributed by atoms with Crippen molar-refractivity contribution in [3.05, 3.63) is 33.7 Å². The molecule has 0 unspecified atom stereocenters. The van der Waals surface area contributed by atoms with Crippen LogP contribution in [0.25, 0.3) is 11.4 Å². The van der Waals surface area contributed by atoms with E-state index < -0.39 is 0 Å².